The van der Waals surface area contributed by atoms with Gasteiger partial charge in [-0.2, -0.15) is 10.2 Å². The standard InChI is InChI=1S/C14H11ClIN3O.C14H12ClN3O/c1-17-13-10(14-11(16)7-18-19(14)2)5-8(15)6-12(13)20-9-3-4-9;1-16-14-11(12-5-6-17-18(12)2)7-9(15)8-13(14)19-10-3-4-10/h5-7,9H,3-4H2,2H3;5-8,10H,3-4H2,2H3. The largest absolute Gasteiger partial charge is 0.501 e. The van der Waals surface area contributed by atoms with Crippen molar-refractivity contribution in [3.8, 4) is 34.0 Å². The molecule has 2 aliphatic carbocycles. The lowest BCUT2D eigenvalue weighted by atomic mass is 10.1. The van der Waals surface area contributed by atoms with E-state index in [2.05, 4.69) is 42.5 Å². The predicted octanol–water partition coefficient (Wildman–Crippen LogP) is 8.27. The minimum absolute atomic E-state index is 0.229. The molecule has 0 N–H and O–H groups in total. The first-order chi connectivity index (χ1) is 18.8. The summed E-state index contributed by atoms with van der Waals surface area (Å²) in [4.78, 5) is 7.27. The Labute approximate surface area is 250 Å². The Morgan fingerprint density at radius 3 is 1.82 bits per heavy atom. The molecule has 0 bridgehead atoms. The summed E-state index contributed by atoms with van der Waals surface area (Å²) in [6.45, 7) is 14.9. The predicted molar refractivity (Wildman–Crippen MR) is 160 cm³/mol. The van der Waals surface area contributed by atoms with Gasteiger partial charge in [-0.15, -0.1) is 0 Å². The SMILES string of the molecule is [C-]#[N+]c1c(OC2CC2)cc(Cl)cc1-c1c(I)cnn1C.[C-]#[N+]c1c(OC2CC2)cc(Cl)cc1-c1ccnn1C. The Bertz CT molecular complexity index is 1610. The number of benzene rings is 2. The van der Waals surface area contributed by atoms with Crippen LogP contribution in [0, 0.1) is 16.7 Å². The number of halogens is 3. The summed E-state index contributed by atoms with van der Waals surface area (Å²) in [6, 6.07) is 8.88. The molecule has 0 saturated heterocycles. The molecule has 2 aromatic carbocycles. The van der Waals surface area contributed by atoms with Crippen molar-refractivity contribution in [3.05, 3.63) is 79.2 Å². The topological polar surface area (TPSA) is 62.8 Å². The van der Waals surface area contributed by atoms with E-state index < -0.39 is 0 Å². The Balaban J connectivity index is 0.000000158. The lowest BCUT2D eigenvalue weighted by Gasteiger charge is -2.12. The molecule has 4 aromatic rings. The van der Waals surface area contributed by atoms with Crippen molar-refractivity contribution in [2.24, 2.45) is 14.1 Å². The Morgan fingerprint density at radius 1 is 0.846 bits per heavy atom. The van der Waals surface area contributed by atoms with Crippen LogP contribution in [0.3, 0.4) is 0 Å². The highest BCUT2D eigenvalue weighted by Gasteiger charge is 2.27. The molecule has 2 saturated carbocycles. The smallest absolute Gasteiger partial charge is 0.237 e. The van der Waals surface area contributed by atoms with Gasteiger partial charge in [-0.25, -0.2) is 9.69 Å². The second kappa shape index (κ2) is 11.5. The van der Waals surface area contributed by atoms with E-state index in [1.807, 2.05) is 20.2 Å². The van der Waals surface area contributed by atoms with Gasteiger partial charge in [0.15, 0.2) is 0 Å². The summed E-state index contributed by atoms with van der Waals surface area (Å²) in [5, 5.41) is 9.49. The average Bonchev–Trinajstić information content (AvgIpc) is 3.82. The summed E-state index contributed by atoms with van der Waals surface area (Å²) < 4.78 is 16.1. The molecular weight excluding hydrogens is 650 g/mol. The summed E-state index contributed by atoms with van der Waals surface area (Å²) in [7, 11) is 3.69. The first-order valence-corrected chi connectivity index (χ1v) is 14.0. The molecule has 2 aliphatic rings. The quantitative estimate of drug-likeness (QED) is 0.153. The molecule has 2 aromatic heterocycles. The molecule has 0 spiro atoms. The second-order valence-electron chi connectivity index (χ2n) is 9.26. The van der Waals surface area contributed by atoms with E-state index in [9.17, 15) is 0 Å². The monoisotopic (exact) mass is 672 g/mol. The third-order valence-electron chi connectivity index (χ3n) is 6.19. The number of hydrogen-bond acceptors (Lipinski definition) is 4. The van der Waals surface area contributed by atoms with E-state index in [-0.39, 0.29) is 12.2 Å². The number of nitrogens with zero attached hydrogens (tertiary/aromatic N) is 6. The van der Waals surface area contributed by atoms with Crippen LogP contribution in [-0.4, -0.2) is 31.8 Å². The van der Waals surface area contributed by atoms with Crippen LogP contribution >= 0.6 is 45.8 Å². The minimum Gasteiger partial charge on any atom is -0.501 e. The van der Waals surface area contributed by atoms with Gasteiger partial charge in [0.1, 0.15) is 11.5 Å². The Kier molecular flexibility index (Phi) is 8.03. The highest BCUT2D eigenvalue weighted by atomic mass is 127. The van der Waals surface area contributed by atoms with E-state index in [1.54, 1.807) is 46.0 Å². The summed E-state index contributed by atoms with van der Waals surface area (Å²) in [5.41, 5.74) is 4.28. The second-order valence-corrected chi connectivity index (χ2v) is 11.3. The van der Waals surface area contributed by atoms with Gasteiger partial charge in [0.2, 0.25) is 11.4 Å². The van der Waals surface area contributed by atoms with Crippen LogP contribution in [0.1, 0.15) is 25.7 Å². The van der Waals surface area contributed by atoms with E-state index in [0.717, 1.165) is 51.8 Å². The van der Waals surface area contributed by atoms with Crippen LogP contribution in [0.15, 0.2) is 42.7 Å². The summed E-state index contributed by atoms with van der Waals surface area (Å²) >= 11 is 14.5. The summed E-state index contributed by atoms with van der Waals surface area (Å²) in [6.07, 6.45) is 8.11. The lowest BCUT2D eigenvalue weighted by Crippen LogP contribution is -1.99. The van der Waals surface area contributed by atoms with E-state index in [1.165, 1.54) is 0 Å². The van der Waals surface area contributed by atoms with Gasteiger partial charge in [-0.1, -0.05) is 23.2 Å². The fourth-order valence-electron chi connectivity index (χ4n) is 4.02. The van der Waals surface area contributed by atoms with Crippen molar-refractivity contribution in [1.29, 1.82) is 0 Å². The average molecular weight is 673 g/mol. The highest BCUT2D eigenvalue weighted by Crippen LogP contribution is 2.45. The van der Waals surface area contributed by atoms with Crippen LogP contribution in [0.25, 0.3) is 32.2 Å². The third kappa shape index (κ3) is 6.17. The van der Waals surface area contributed by atoms with E-state index >= 15 is 0 Å². The molecule has 0 radical (unpaired) electrons. The van der Waals surface area contributed by atoms with Gasteiger partial charge in [0, 0.05) is 41.5 Å². The molecule has 6 rings (SSSR count). The van der Waals surface area contributed by atoms with Crippen LogP contribution in [0.5, 0.6) is 11.5 Å². The Morgan fingerprint density at radius 2 is 1.38 bits per heavy atom. The first kappa shape index (κ1) is 27.3. The maximum absolute atomic E-state index is 7.47. The molecule has 2 fully saturated rings. The van der Waals surface area contributed by atoms with Crippen molar-refractivity contribution < 1.29 is 9.47 Å². The van der Waals surface area contributed by atoms with Gasteiger partial charge in [-0.05, 0) is 78.6 Å². The van der Waals surface area contributed by atoms with Crippen molar-refractivity contribution in [2.45, 2.75) is 37.9 Å². The fourth-order valence-corrected chi connectivity index (χ4v) is 5.20. The fraction of sp³-hybridized carbons (Fsp3) is 0.286. The number of hydrogen-bond donors (Lipinski definition) is 0. The molecule has 0 aliphatic heterocycles. The molecule has 39 heavy (non-hydrogen) atoms. The van der Waals surface area contributed by atoms with Crippen LogP contribution in [0.2, 0.25) is 10.0 Å². The number of aryl methyl sites for hydroxylation is 2. The molecule has 0 unspecified atom stereocenters. The van der Waals surface area contributed by atoms with Crippen LogP contribution in [-0.2, 0) is 14.1 Å². The lowest BCUT2D eigenvalue weighted by molar-refractivity contribution is 0.305. The van der Waals surface area contributed by atoms with Crippen molar-refractivity contribution in [2.75, 3.05) is 0 Å². The van der Waals surface area contributed by atoms with Crippen molar-refractivity contribution >= 4 is 57.2 Å². The van der Waals surface area contributed by atoms with E-state index in [0.29, 0.717) is 32.9 Å². The van der Waals surface area contributed by atoms with Gasteiger partial charge in [-0.3, -0.25) is 9.36 Å². The maximum Gasteiger partial charge on any atom is 0.237 e. The normalized spacial score (nSPS) is 14.1. The van der Waals surface area contributed by atoms with Gasteiger partial charge in [0.05, 0.1) is 46.5 Å². The highest BCUT2D eigenvalue weighted by molar-refractivity contribution is 14.1. The number of ether oxygens (including phenoxy) is 2. The number of aromatic nitrogens is 4. The van der Waals surface area contributed by atoms with E-state index in [4.69, 9.17) is 45.8 Å². The zero-order valence-corrected chi connectivity index (χ0v) is 24.8. The van der Waals surface area contributed by atoms with Crippen molar-refractivity contribution in [3.63, 3.8) is 0 Å². The molecular formula is C28H23Cl2IN6O2. The Hall–Kier alpha value is -3.25. The van der Waals surface area contributed by atoms with Crippen LogP contribution in [0.4, 0.5) is 11.4 Å². The molecule has 8 nitrogen and oxygen atoms in total. The van der Waals surface area contributed by atoms with Gasteiger partial charge in [0.25, 0.3) is 0 Å². The third-order valence-corrected chi connectivity index (χ3v) is 7.41. The minimum atomic E-state index is 0.229. The van der Waals surface area contributed by atoms with Gasteiger partial charge < -0.3 is 9.47 Å². The van der Waals surface area contributed by atoms with Gasteiger partial charge >= 0.3 is 0 Å². The molecule has 0 amide bonds. The molecule has 198 valence electrons. The van der Waals surface area contributed by atoms with Crippen LogP contribution < -0.4 is 9.47 Å². The molecule has 0 atom stereocenters. The maximum atomic E-state index is 7.47. The first-order valence-electron chi connectivity index (χ1n) is 12.2. The zero-order chi connectivity index (χ0) is 27.7. The van der Waals surface area contributed by atoms with Crippen molar-refractivity contribution in [1.82, 2.24) is 19.6 Å². The summed E-state index contributed by atoms with van der Waals surface area (Å²) in [5.74, 6) is 1.14. The number of rotatable bonds is 6. The zero-order valence-electron chi connectivity index (χ0n) is 21.2. The molecule has 2 heterocycles. The molecule has 11 heteroatoms.